The third kappa shape index (κ3) is 3.41. The molecule has 1 aromatic heterocycles. The van der Waals surface area contributed by atoms with E-state index in [1.165, 1.54) is 24.3 Å². The fraction of sp³-hybridized carbons (Fsp3) is 0.0526. The third-order valence-corrected chi connectivity index (χ3v) is 3.41. The molecule has 0 spiro atoms. The van der Waals surface area contributed by atoms with Gasteiger partial charge < -0.3 is 0 Å². The fourth-order valence-corrected chi connectivity index (χ4v) is 2.37. The van der Waals surface area contributed by atoms with Gasteiger partial charge in [0.1, 0.15) is 11.6 Å². The molecule has 4 heteroatoms. The molecule has 0 amide bonds. The van der Waals surface area contributed by atoms with Crippen molar-refractivity contribution >= 4 is 0 Å². The number of nitriles is 1. The monoisotopic (exact) mass is 306 g/mol. The largest absolute Gasteiger partial charge is 0.248 e. The molecule has 0 bridgehead atoms. The summed E-state index contributed by atoms with van der Waals surface area (Å²) >= 11 is 0. The molecular weight excluding hydrogens is 294 g/mol. The second-order valence-electron chi connectivity index (χ2n) is 5.10. The molecule has 3 aromatic rings. The molecule has 2 aromatic carbocycles. The van der Waals surface area contributed by atoms with Gasteiger partial charge in [-0.3, -0.25) is 0 Å². The molecule has 0 aliphatic rings. The molecule has 0 unspecified atom stereocenters. The fourth-order valence-electron chi connectivity index (χ4n) is 2.37. The van der Waals surface area contributed by atoms with Crippen molar-refractivity contribution in [3.05, 3.63) is 77.9 Å². The lowest BCUT2D eigenvalue weighted by molar-refractivity contribution is 0.628. The summed E-state index contributed by atoms with van der Waals surface area (Å²) in [5, 5.41) is 8.94. The average Bonchev–Trinajstić information content (AvgIpc) is 2.55. The highest BCUT2D eigenvalue weighted by Gasteiger charge is 2.08. The van der Waals surface area contributed by atoms with Crippen LogP contribution in [0.5, 0.6) is 0 Å². The van der Waals surface area contributed by atoms with Gasteiger partial charge in [0.15, 0.2) is 0 Å². The van der Waals surface area contributed by atoms with Crippen LogP contribution in [0, 0.1) is 23.0 Å². The minimum atomic E-state index is -0.359. The number of halogens is 2. The highest BCUT2D eigenvalue weighted by Crippen LogP contribution is 2.26. The first kappa shape index (κ1) is 14.9. The molecule has 0 N–H and O–H groups in total. The van der Waals surface area contributed by atoms with E-state index in [1.807, 2.05) is 0 Å². The number of hydrogen-bond donors (Lipinski definition) is 0. The lowest BCUT2D eigenvalue weighted by Crippen LogP contribution is -1.93. The Labute approximate surface area is 132 Å². The van der Waals surface area contributed by atoms with Crippen molar-refractivity contribution in [3.63, 3.8) is 0 Å². The summed E-state index contributed by atoms with van der Waals surface area (Å²) in [5.74, 6) is -0.718. The number of aromatic nitrogens is 1. The molecule has 1 heterocycles. The van der Waals surface area contributed by atoms with E-state index in [2.05, 4.69) is 11.1 Å². The van der Waals surface area contributed by atoms with E-state index in [0.717, 1.165) is 5.56 Å². The lowest BCUT2D eigenvalue weighted by Gasteiger charge is -2.08. The Morgan fingerprint density at radius 3 is 1.78 bits per heavy atom. The first-order chi connectivity index (χ1) is 11.2. The quantitative estimate of drug-likeness (QED) is 0.699. The maximum Gasteiger partial charge on any atom is 0.123 e. The van der Waals surface area contributed by atoms with Crippen LogP contribution in [0.25, 0.3) is 22.5 Å². The zero-order chi connectivity index (χ0) is 16.2. The van der Waals surface area contributed by atoms with Crippen molar-refractivity contribution in [1.29, 1.82) is 5.26 Å². The molecule has 0 aliphatic carbocycles. The van der Waals surface area contributed by atoms with Gasteiger partial charge in [-0.2, -0.15) is 5.26 Å². The number of nitrogens with zero attached hydrogens (tertiary/aromatic N) is 2. The van der Waals surface area contributed by atoms with Crippen molar-refractivity contribution in [2.24, 2.45) is 0 Å². The second kappa shape index (κ2) is 6.37. The average molecular weight is 306 g/mol. The topological polar surface area (TPSA) is 36.7 Å². The minimum Gasteiger partial charge on any atom is -0.248 e. The van der Waals surface area contributed by atoms with Crippen LogP contribution in [-0.2, 0) is 6.42 Å². The van der Waals surface area contributed by atoms with Crippen LogP contribution in [0.3, 0.4) is 0 Å². The first-order valence-electron chi connectivity index (χ1n) is 7.05. The Balaban J connectivity index is 2.15. The molecule has 3 rings (SSSR count). The Bertz CT molecular complexity index is 834. The van der Waals surface area contributed by atoms with E-state index in [-0.39, 0.29) is 18.1 Å². The molecule has 0 radical (unpaired) electrons. The number of hydrogen-bond acceptors (Lipinski definition) is 2. The normalized spacial score (nSPS) is 10.3. The zero-order valence-electron chi connectivity index (χ0n) is 12.1. The summed E-state index contributed by atoms with van der Waals surface area (Å²) in [4.78, 5) is 4.50. The van der Waals surface area contributed by atoms with Crippen LogP contribution >= 0.6 is 0 Å². The van der Waals surface area contributed by atoms with Gasteiger partial charge in [0, 0.05) is 11.1 Å². The summed E-state index contributed by atoms with van der Waals surface area (Å²) in [6.07, 6.45) is 0.202. The van der Waals surface area contributed by atoms with Gasteiger partial charge in [-0.15, -0.1) is 0 Å². The lowest BCUT2D eigenvalue weighted by atomic mass is 10.0. The first-order valence-corrected chi connectivity index (χ1v) is 7.05. The Hall–Kier alpha value is -3.06. The van der Waals surface area contributed by atoms with Crippen LogP contribution in [0.4, 0.5) is 8.78 Å². The van der Waals surface area contributed by atoms with E-state index in [4.69, 9.17) is 5.26 Å². The predicted molar refractivity (Wildman–Crippen MR) is 84.3 cm³/mol. The molecule has 0 atom stereocenters. The Morgan fingerprint density at radius 1 is 0.826 bits per heavy atom. The Kier molecular flexibility index (Phi) is 4.11. The van der Waals surface area contributed by atoms with Crippen molar-refractivity contribution in [2.45, 2.75) is 6.42 Å². The van der Waals surface area contributed by atoms with E-state index in [9.17, 15) is 8.78 Å². The van der Waals surface area contributed by atoms with Crippen molar-refractivity contribution in [3.8, 4) is 28.6 Å². The molecule has 112 valence electrons. The number of pyridine rings is 1. The maximum atomic E-state index is 13.4. The second-order valence-corrected chi connectivity index (χ2v) is 5.10. The molecule has 0 fully saturated rings. The summed E-state index contributed by atoms with van der Waals surface area (Å²) in [7, 11) is 0. The van der Waals surface area contributed by atoms with Crippen LogP contribution in [0.2, 0.25) is 0 Å². The van der Waals surface area contributed by atoms with Gasteiger partial charge in [0.25, 0.3) is 0 Å². The highest BCUT2D eigenvalue weighted by atomic mass is 19.1. The van der Waals surface area contributed by atoms with Gasteiger partial charge in [0.2, 0.25) is 0 Å². The maximum absolute atomic E-state index is 13.4. The minimum absolute atomic E-state index is 0.202. The van der Waals surface area contributed by atoms with Crippen molar-refractivity contribution in [1.82, 2.24) is 4.98 Å². The van der Waals surface area contributed by atoms with Gasteiger partial charge in [-0.05, 0) is 42.0 Å². The van der Waals surface area contributed by atoms with Crippen LogP contribution in [-0.4, -0.2) is 4.98 Å². The van der Waals surface area contributed by atoms with Gasteiger partial charge in [0.05, 0.1) is 23.9 Å². The Morgan fingerprint density at radius 2 is 1.35 bits per heavy atom. The summed E-state index contributed by atoms with van der Waals surface area (Å²) < 4.78 is 26.9. The summed E-state index contributed by atoms with van der Waals surface area (Å²) in [6.45, 7) is 0. The van der Waals surface area contributed by atoms with Crippen molar-refractivity contribution < 1.29 is 8.78 Å². The van der Waals surface area contributed by atoms with E-state index < -0.39 is 0 Å². The molecule has 0 saturated carbocycles. The molecular formula is C19H12F2N2. The van der Waals surface area contributed by atoms with E-state index in [0.29, 0.717) is 22.5 Å². The summed E-state index contributed by atoms with van der Waals surface area (Å²) in [6, 6.07) is 17.8. The number of benzene rings is 2. The van der Waals surface area contributed by atoms with E-state index >= 15 is 0 Å². The SMILES string of the molecule is N#CCc1cc(-c2cccc(F)c2)nc(-c2cccc(F)c2)c1. The zero-order valence-corrected chi connectivity index (χ0v) is 12.1. The molecule has 0 aliphatic heterocycles. The molecule has 0 saturated heterocycles. The summed E-state index contributed by atoms with van der Waals surface area (Å²) in [5.41, 5.74) is 3.08. The van der Waals surface area contributed by atoms with Crippen LogP contribution in [0.15, 0.2) is 60.7 Å². The van der Waals surface area contributed by atoms with E-state index in [1.54, 1.807) is 36.4 Å². The molecule has 2 nitrogen and oxygen atoms in total. The standard InChI is InChI=1S/C19H12F2N2/c20-16-5-1-3-14(11-16)18-9-13(7-8-22)10-19(23-18)15-4-2-6-17(21)12-15/h1-6,9-12H,7H2. The third-order valence-electron chi connectivity index (χ3n) is 3.41. The van der Waals surface area contributed by atoms with Crippen LogP contribution in [0.1, 0.15) is 5.56 Å². The van der Waals surface area contributed by atoms with Gasteiger partial charge >= 0.3 is 0 Å². The smallest absolute Gasteiger partial charge is 0.123 e. The highest BCUT2D eigenvalue weighted by molar-refractivity contribution is 5.67. The van der Waals surface area contributed by atoms with Gasteiger partial charge in [-0.1, -0.05) is 24.3 Å². The molecule has 23 heavy (non-hydrogen) atoms. The van der Waals surface area contributed by atoms with Crippen LogP contribution < -0.4 is 0 Å². The predicted octanol–water partition coefficient (Wildman–Crippen LogP) is 4.76. The van der Waals surface area contributed by atoms with Gasteiger partial charge in [-0.25, -0.2) is 13.8 Å². The number of rotatable bonds is 3. The van der Waals surface area contributed by atoms with Crippen molar-refractivity contribution in [2.75, 3.05) is 0 Å².